The summed E-state index contributed by atoms with van der Waals surface area (Å²) in [4.78, 5) is 8.74. The lowest BCUT2D eigenvalue weighted by atomic mass is 10.4. The first kappa shape index (κ1) is 14.0. The topological polar surface area (TPSA) is 49.2 Å². The number of hydrogen-bond acceptors (Lipinski definition) is 4. The molecule has 5 heteroatoms. The molecule has 0 aliphatic heterocycles. The zero-order chi connectivity index (χ0) is 13.7. The van der Waals surface area contributed by atoms with Crippen LogP contribution in [0, 0.1) is 0 Å². The Bertz CT molecular complexity index is 518. The molecule has 5 nitrogen and oxygen atoms in total. The minimum atomic E-state index is -0.408. The molecule has 0 fully saturated rings. The van der Waals surface area contributed by atoms with E-state index >= 15 is 0 Å². The van der Waals surface area contributed by atoms with Crippen molar-refractivity contribution in [3.8, 4) is 0 Å². The van der Waals surface area contributed by atoms with Gasteiger partial charge in [-0.3, -0.25) is 4.98 Å². The van der Waals surface area contributed by atoms with Gasteiger partial charge in [-0.25, -0.2) is 4.98 Å². The zero-order valence-corrected chi connectivity index (χ0v) is 11.8. The van der Waals surface area contributed by atoms with Crippen LogP contribution >= 0.6 is 0 Å². The molecule has 0 atom stereocenters. The van der Waals surface area contributed by atoms with Gasteiger partial charge in [0.2, 0.25) is 6.29 Å². The molecule has 0 unspecified atom stereocenters. The summed E-state index contributed by atoms with van der Waals surface area (Å²) < 4.78 is 13.5. The molecule has 0 bridgehead atoms. The molecule has 0 N–H and O–H groups in total. The monoisotopic (exact) mass is 263 g/mol. The van der Waals surface area contributed by atoms with Crippen LogP contribution in [0.5, 0.6) is 0 Å². The lowest BCUT2D eigenvalue weighted by molar-refractivity contribution is -0.146. The standard InChI is InChI=1S/C14H21N3O2/c1-4-9-17-12-7-8-15-10-11(12)16-13(17)14(18-5-2)19-6-3/h7-8,10,14H,4-6,9H2,1-3H3. The maximum Gasteiger partial charge on any atom is 0.217 e. The van der Waals surface area contributed by atoms with Gasteiger partial charge in [0.05, 0.1) is 11.7 Å². The van der Waals surface area contributed by atoms with E-state index < -0.39 is 6.29 Å². The number of pyridine rings is 1. The molecular weight excluding hydrogens is 242 g/mol. The Hall–Kier alpha value is -1.46. The predicted octanol–water partition coefficient (Wildman–Crippen LogP) is 2.91. The van der Waals surface area contributed by atoms with Crippen LogP contribution in [0.3, 0.4) is 0 Å². The van der Waals surface area contributed by atoms with E-state index in [9.17, 15) is 0 Å². The maximum atomic E-state index is 5.66. The fraction of sp³-hybridized carbons (Fsp3) is 0.571. The number of hydrogen-bond donors (Lipinski definition) is 0. The first-order valence-electron chi connectivity index (χ1n) is 6.85. The Balaban J connectivity index is 2.46. The molecular formula is C14H21N3O2. The summed E-state index contributed by atoms with van der Waals surface area (Å²) in [5.41, 5.74) is 1.96. The zero-order valence-electron chi connectivity index (χ0n) is 11.8. The van der Waals surface area contributed by atoms with Crippen molar-refractivity contribution in [3.63, 3.8) is 0 Å². The van der Waals surface area contributed by atoms with Gasteiger partial charge in [0, 0.05) is 26.0 Å². The third-order valence-corrected chi connectivity index (χ3v) is 2.87. The highest BCUT2D eigenvalue weighted by Gasteiger charge is 2.20. The highest BCUT2D eigenvalue weighted by Crippen LogP contribution is 2.24. The maximum absolute atomic E-state index is 5.66. The molecule has 0 radical (unpaired) electrons. The van der Waals surface area contributed by atoms with Crippen molar-refractivity contribution in [2.75, 3.05) is 13.2 Å². The van der Waals surface area contributed by atoms with Gasteiger partial charge in [-0.1, -0.05) is 6.92 Å². The summed E-state index contributed by atoms with van der Waals surface area (Å²) >= 11 is 0. The van der Waals surface area contributed by atoms with E-state index in [0.29, 0.717) is 13.2 Å². The third kappa shape index (κ3) is 2.93. The number of rotatable bonds is 7. The second kappa shape index (κ2) is 6.63. The van der Waals surface area contributed by atoms with E-state index in [0.717, 1.165) is 29.8 Å². The van der Waals surface area contributed by atoms with E-state index in [1.807, 2.05) is 19.9 Å². The van der Waals surface area contributed by atoms with Crippen molar-refractivity contribution in [2.24, 2.45) is 0 Å². The summed E-state index contributed by atoms with van der Waals surface area (Å²) in [5.74, 6) is 0.827. The van der Waals surface area contributed by atoms with E-state index in [-0.39, 0.29) is 0 Å². The van der Waals surface area contributed by atoms with Crippen LogP contribution < -0.4 is 0 Å². The second-order valence-corrected chi connectivity index (χ2v) is 4.23. The van der Waals surface area contributed by atoms with E-state index in [1.54, 1.807) is 12.4 Å². The number of aromatic nitrogens is 3. The van der Waals surface area contributed by atoms with Crippen molar-refractivity contribution in [1.82, 2.24) is 14.5 Å². The molecule has 2 rings (SSSR count). The Labute approximate surface area is 113 Å². The predicted molar refractivity (Wildman–Crippen MR) is 73.8 cm³/mol. The van der Waals surface area contributed by atoms with Gasteiger partial charge in [-0.2, -0.15) is 0 Å². The van der Waals surface area contributed by atoms with Gasteiger partial charge in [0.25, 0.3) is 0 Å². The number of imidazole rings is 1. The van der Waals surface area contributed by atoms with Crippen LogP contribution in [0.1, 0.15) is 39.3 Å². The smallest absolute Gasteiger partial charge is 0.217 e. The van der Waals surface area contributed by atoms with Gasteiger partial charge in [0.1, 0.15) is 5.52 Å². The van der Waals surface area contributed by atoms with Gasteiger partial charge >= 0.3 is 0 Å². The summed E-state index contributed by atoms with van der Waals surface area (Å²) in [6.07, 6.45) is 4.19. The molecule has 0 aromatic carbocycles. The van der Waals surface area contributed by atoms with Crippen molar-refractivity contribution in [3.05, 3.63) is 24.3 Å². The van der Waals surface area contributed by atoms with Crippen molar-refractivity contribution >= 4 is 11.0 Å². The van der Waals surface area contributed by atoms with Gasteiger partial charge in [0.15, 0.2) is 5.82 Å². The van der Waals surface area contributed by atoms with Gasteiger partial charge < -0.3 is 14.0 Å². The van der Waals surface area contributed by atoms with Gasteiger partial charge in [-0.05, 0) is 26.3 Å². The number of ether oxygens (including phenoxy) is 2. The molecule has 0 saturated carbocycles. The molecule has 0 aliphatic carbocycles. The fourth-order valence-electron chi connectivity index (χ4n) is 2.14. The fourth-order valence-corrected chi connectivity index (χ4v) is 2.14. The second-order valence-electron chi connectivity index (χ2n) is 4.23. The number of nitrogens with zero attached hydrogens (tertiary/aromatic N) is 3. The minimum absolute atomic E-state index is 0.408. The molecule has 0 amide bonds. The lowest BCUT2D eigenvalue weighted by Gasteiger charge is -2.18. The highest BCUT2D eigenvalue weighted by molar-refractivity contribution is 5.74. The Morgan fingerprint density at radius 1 is 1.21 bits per heavy atom. The summed E-state index contributed by atoms with van der Waals surface area (Å²) in [7, 11) is 0. The molecule has 2 aromatic rings. The minimum Gasteiger partial charge on any atom is -0.346 e. The van der Waals surface area contributed by atoms with E-state index in [2.05, 4.69) is 21.5 Å². The Morgan fingerprint density at radius 2 is 1.95 bits per heavy atom. The van der Waals surface area contributed by atoms with Crippen LogP contribution in [0.4, 0.5) is 0 Å². The van der Waals surface area contributed by atoms with Crippen LogP contribution in [0.25, 0.3) is 11.0 Å². The summed E-state index contributed by atoms with van der Waals surface area (Å²) in [5, 5.41) is 0. The van der Waals surface area contributed by atoms with E-state index in [1.165, 1.54) is 0 Å². The van der Waals surface area contributed by atoms with Gasteiger partial charge in [-0.15, -0.1) is 0 Å². The summed E-state index contributed by atoms with van der Waals surface area (Å²) in [6, 6.07) is 1.98. The quantitative estimate of drug-likeness (QED) is 0.721. The first-order chi connectivity index (χ1) is 9.31. The molecule has 0 spiro atoms. The number of aryl methyl sites for hydroxylation is 1. The Kier molecular flexibility index (Phi) is 4.87. The third-order valence-electron chi connectivity index (χ3n) is 2.87. The van der Waals surface area contributed by atoms with Crippen LogP contribution in [-0.4, -0.2) is 27.7 Å². The Morgan fingerprint density at radius 3 is 2.58 bits per heavy atom. The molecule has 104 valence electrons. The summed E-state index contributed by atoms with van der Waals surface area (Å²) in [6.45, 7) is 8.15. The SMILES string of the molecule is CCCn1c(C(OCC)OCC)nc2cnccc21. The molecule has 0 aliphatic rings. The molecule has 2 aromatic heterocycles. The van der Waals surface area contributed by atoms with Crippen LogP contribution in [0.2, 0.25) is 0 Å². The average Bonchev–Trinajstić information content (AvgIpc) is 2.78. The van der Waals surface area contributed by atoms with Crippen molar-refractivity contribution in [1.29, 1.82) is 0 Å². The largest absolute Gasteiger partial charge is 0.346 e. The normalized spacial score (nSPS) is 11.6. The first-order valence-corrected chi connectivity index (χ1v) is 6.85. The van der Waals surface area contributed by atoms with E-state index in [4.69, 9.17) is 9.47 Å². The van der Waals surface area contributed by atoms with Crippen LogP contribution in [-0.2, 0) is 16.0 Å². The van der Waals surface area contributed by atoms with Crippen molar-refractivity contribution < 1.29 is 9.47 Å². The lowest BCUT2D eigenvalue weighted by Crippen LogP contribution is -2.15. The average molecular weight is 263 g/mol. The molecule has 2 heterocycles. The van der Waals surface area contributed by atoms with Crippen molar-refractivity contribution in [2.45, 2.75) is 40.0 Å². The number of fused-ring (bicyclic) bond motifs is 1. The molecule has 0 saturated heterocycles. The van der Waals surface area contributed by atoms with Crippen LogP contribution in [0.15, 0.2) is 18.5 Å². The highest BCUT2D eigenvalue weighted by atomic mass is 16.7. The molecule has 19 heavy (non-hydrogen) atoms.